The van der Waals surface area contributed by atoms with E-state index in [4.69, 9.17) is 11.2 Å². The van der Waals surface area contributed by atoms with Gasteiger partial charge in [0.15, 0.2) is 0 Å². The second-order valence-electron chi connectivity index (χ2n) is 4.19. The fraction of sp³-hybridized carbons (Fsp3) is 0.727. The highest BCUT2D eigenvalue weighted by Gasteiger charge is 2.53. The number of carbonyl (C=O) groups excluding carboxylic acids is 1. The zero-order valence-corrected chi connectivity index (χ0v) is 8.45. The summed E-state index contributed by atoms with van der Waals surface area (Å²) in [4.78, 5) is 13.0. The zero-order chi connectivity index (χ0) is 10.2. The molecular formula is C11H15NO2. The van der Waals surface area contributed by atoms with Crippen LogP contribution in [0.3, 0.4) is 0 Å². The molecule has 0 aromatic heterocycles. The number of rotatable bonds is 0. The fourth-order valence-corrected chi connectivity index (χ4v) is 2.50. The van der Waals surface area contributed by atoms with Gasteiger partial charge in [0, 0.05) is 32.1 Å². The summed E-state index contributed by atoms with van der Waals surface area (Å²) in [6.45, 7) is 3.96. The van der Waals surface area contributed by atoms with Crippen LogP contribution in [-0.4, -0.2) is 36.6 Å². The third-order valence-corrected chi connectivity index (χ3v) is 3.43. The molecular weight excluding hydrogens is 178 g/mol. The summed E-state index contributed by atoms with van der Waals surface area (Å²) in [5, 5.41) is 0. The Morgan fingerprint density at radius 2 is 2.21 bits per heavy atom. The molecule has 14 heavy (non-hydrogen) atoms. The number of likely N-dealkylation sites (tertiary alicyclic amines) is 1. The van der Waals surface area contributed by atoms with E-state index >= 15 is 0 Å². The van der Waals surface area contributed by atoms with Crippen molar-refractivity contribution in [2.24, 2.45) is 5.41 Å². The maximum absolute atomic E-state index is 11.2. The van der Waals surface area contributed by atoms with Crippen LogP contribution in [0.15, 0.2) is 0 Å². The van der Waals surface area contributed by atoms with Gasteiger partial charge in [0.25, 0.3) is 0 Å². The summed E-state index contributed by atoms with van der Waals surface area (Å²) in [5.41, 5.74) is 0.165. The van der Waals surface area contributed by atoms with Gasteiger partial charge in [-0.25, -0.2) is 0 Å². The molecule has 0 N–H and O–H groups in total. The number of carbonyl (C=O) groups is 1. The summed E-state index contributed by atoms with van der Waals surface area (Å²) in [5.74, 6) is 2.83. The third kappa shape index (κ3) is 1.22. The molecule has 0 aromatic rings. The lowest BCUT2D eigenvalue weighted by atomic mass is 9.66. The number of amides is 1. The van der Waals surface area contributed by atoms with Crippen molar-refractivity contribution in [2.75, 3.05) is 19.8 Å². The standard InChI is InChI=1S/C11H15NO2/c1-3-10-11(4-6-14-7-5-11)8-12(10)9(2)13/h1,10H,4-8H2,2H3. The van der Waals surface area contributed by atoms with Gasteiger partial charge in [-0.15, -0.1) is 6.42 Å². The molecule has 1 unspecified atom stereocenters. The molecule has 1 atom stereocenters. The molecule has 2 rings (SSSR count). The van der Waals surface area contributed by atoms with Crippen LogP contribution in [-0.2, 0) is 9.53 Å². The van der Waals surface area contributed by atoms with Gasteiger partial charge in [0.2, 0.25) is 5.91 Å². The first-order chi connectivity index (χ1) is 6.69. The first kappa shape index (κ1) is 9.54. The van der Waals surface area contributed by atoms with Gasteiger partial charge < -0.3 is 9.64 Å². The van der Waals surface area contributed by atoms with Crippen molar-refractivity contribution in [2.45, 2.75) is 25.8 Å². The minimum atomic E-state index is 0.00361. The Balaban J connectivity index is 2.10. The van der Waals surface area contributed by atoms with E-state index in [0.717, 1.165) is 32.6 Å². The van der Waals surface area contributed by atoms with Crippen LogP contribution in [0.25, 0.3) is 0 Å². The summed E-state index contributed by atoms with van der Waals surface area (Å²) < 4.78 is 5.32. The van der Waals surface area contributed by atoms with Crippen molar-refractivity contribution in [3.63, 3.8) is 0 Å². The van der Waals surface area contributed by atoms with E-state index in [1.165, 1.54) is 0 Å². The second kappa shape index (κ2) is 3.29. The Morgan fingerprint density at radius 3 is 2.71 bits per heavy atom. The fourth-order valence-electron chi connectivity index (χ4n) is 2.50. The highest BCUT2D eigenvalue weighted by molar-refractivity contribution is 5.75. The normalized spacial score (nSPS) is 29.4. The Morgan fingerprint density at radius 1 is 1.57 bits per heavy atom. The maximum atomic E-state index is 11.2. The number of hydrogen-bond donors (Lipinski definition) is 0. The number of terminal acetylenes is 1. The van der Waals surface area contributed by atoms with E-state index in [1.54, 1.807) is 11.8 Å². The summed E-state index contributed by atoms with van der Waals surface area (Å²) in [6.07, 6.45) is 7.47. The quantitative estimate of drug-likeness (QED) is 0.529. The molecule has 3 heteroatoms. The van der Waals surface area contributed by atoms with Crippen molar-refractivity contribution in [1.82, 2.24) is 4.90 Å². The molecule has 2 aliphatic heterocycles. The number of nitrogens with zero attached hydrogens (tertiary/aromatic N) is 1. The van der Waals surface area contributed by atoms with Crippen molar-refractivity contribution >= 4 is 5.91 Å². The molecule has 2 saturated heterocycles. The molecule has 1 amide bonds. The first-order valence-corrected chi connectivity index (χ1v) is 5.01. The summed E-state index contributed by atoms with van der Waals surface area (Å²) >= 11 is 0. The maximum Gasteiger partial charge on any atom is 0.220 e. The van der Waals surface area contributed by atoms with E-state index in [1.807, 2.05) is 0 Å². The van der Waals surface area contributed by atoms with Crippen molar-refractivity contribution < 1.29 is 9.53 Å². The van der Waals surface area contributed by atoms with Crippen LogP contribution < -0.4 is 0 Å². The topological polar surface area (TPSA) is 29.5 Å². The Bertz CT molecular complexity index is 286. The van der Waals surface area contributed by atoms with Crippen LogP contribution in [0.5, 0.6) is 0 Å². The summed E-state index contributed by atoms with van der Waals surface area (Å²) in [6, 6.07) is 0.00361. The second-order valence-corrected chi connectivity index (χ2v) is 4.19. The first-order valence-electron chi connectivity index (χ1n) is 5.01. The van der Waals surface area contributed by atoms with Crippen LogP contribution >= 0.6 is 0 Å². The molecule has 0 aliphatic carbocycles. The van der Waals surface area contributed by atoms with Gasteiger partial charge in [0.05, 0.1) is 0 Å². The minimum Gasteiger partial charge on any atom is -0.381 e. The molecule has 2 heterocycles. The SMILES string of the molecule is C#CC1N(C(C)=O)CC12CCOCC2. The van der Waals surface area contributed by atoms with Gasteiger partial charge in [-0.05, 0) is 12.8 Å². The van der Waals surface area contributed by atoms with Gasteiger partial charge in [-0.2, -0.15) is 0 Å². The van der Waals surface area contributed by atoms with E-state index in [2.05, 4.69) is 5.92 Å². The van der Waals surface area contributed by atoms with Crippen molar-refractivity contribution in [1.29, 1.82) is 0 Å². The van der Waals surface area contributed by atoms with Crippen LogP contribution in [0, 0.1) is 17.8 Å². The molecule has 0 bridgehead atoms. The highest BCUT2D eigenvalue weighted by atomic mass is 16.5. The largest absolute Gasteiger partial charge is 0.381 e. The van der Waals surface area contributed by atoms with Gasteiger partial charge in [-0.1, -0.05) is 5.92 Å². The average Bonchev–Trinajstić information content (AvgIpc) is 2.16. The lowest BCUT2D eigenvalue weighted by Gasteiger charge is -2.56. The Hall–Kier alpha value is -1.01. The van der Waals surface area contributed by atoms with E-state index in [0.29, 0.717) is 0 Å². The van der Waals surface area contributed by atoms with Crippen LogP contribution in [0.1, 0.15) is 19.8 Å². The zero-order valence-electron chi connectivity index (χ0n) is 8.45. The predicted octanol–water partition coefficient (Wildman–Crippen LogP) is 0.647. The molecule has 1 spiro atoms. The Labute approximate surface area is 84.4 Å². The monoisotopic (exact) mass is 193 g/mol. The average molecular weight is 193 g/mol. The third-order valence-electron chi connectivity index (χ3n) is 3.43. The number of ether oxygens (including phenoxy) is 1. The molecule has 2 aliphatic rings. The molecule has 2 fully saturated rings. The lowest BCUT2D eigenvalue weighted by molar-refractivity contribution is -0.156. The van der Waals surface area contributed by atoms with Crippen molar-refractivity contribution in [3.05, 3.63) is 0 Å². The van der Waals surface area contributed by atoms with E-state index in [-0.39, 0.29) is 17.4 Å². The van der Waals surface area contributed by atoms with Gasteiger partial charge >= 0.3 is 0 Å². The molecule has 3 nitrogen and oxygen atoms in total. The minimum absolute atomic E-state index is 0.00361. The Kier molecular flexibility index (Phi) is 2.24. The van der Waals surface area contributed by atoms with E-state index in [9.17, 15) is 4.79 Å². The smallest absolute Gasteiger partial charge is 0.220 e. The van der Waals surface area contributed by atoms with Crippen LogP contribution in [0.4, 0.5) is 0 Å². The van der Waals surface area contributed by atoms with Crippen LogP contribution in [0.2, 0.25) is 0 Å². The lowest BCUT2D eigenvalue weighted by Crippen LogP contribution is -2.66. The van der Waals surface area contributed by atoms with Crippen molar-refractivity contribution in [3.8, 4) is 12.3 Å². The highest BCUT2D eigenvalue weighted by Crippen LogP contribution is 2.45. The number of hydrogen-bond acceptors (Lipinski definition) is 2. The van der Waals surface area contributed by atoms with Gasteiger partial charge in [0.1, 0.15) is 6.04 Å². The summed E-state index contributed by atoms with van der Waals surface area (Å²) in [7, 11) is 0. The predicted molar refractivity (Wildman–Crippen MR) is 52.5 cm³/mol. The molecule has 0 aromatic carbocycles. The van der Waals surface area contributed by atoms with Gasteiger partial charge in [-0.3, -0.25) is 4.79 Å². The van der Waals surface area contributed by atoms with E-state index < -0.39 is 0 Å². The molecule has 0 saturated carbocycles. The molecule has 76 valence electrons. The molecule has 0 radical (unpaired) electrons.